The fourth-order valence-corrected chi connectivity index (χ4v) is 1.29. The Kier molecular flexibility index (Phi) is 2.79. The third-order valence-corrected chi connectivity index (χ3v) is 2.52. The van der Waals surface area contributed by atoms with Gasteiger partial charge in [-0.1, -0.05) is 0 Å². The van der Waals surface area contributed by atoms with E-state index in [1.165, 1.54) is 0 Å². The van der Waals surface area contributed by atoms with Crippen molar-refractivity contribution in [3.05, 3.63) is 23.9 Å². The molecule has 0 saturated carbocycles. The van der Waals surface area contributed by atoms with E-state index in [-0.39, 0.29) is 10.6 Å². The van der Waals surface area contributed by atoms with E-state index in [9.17, 15) is 13.2 Å². The third-order valence-electron chi connectivity index (χ3n) is 1.41. The van der Waals surface area contributed by atoms with Crippen LogP contribution in [-0.2, 0) is 10.0 Å². The third kappa shape index (κ3) is 2.05. The van der Waals surface area contributed by atoms with Gasteiger partial charge in [0.05, 0.1) is 5.56 Å². The van der Waals surface area contributed by atoms with Crippen molar-refractivity contribution in [3.63, 3.8) is 0 Å². The molecule has 0 radical (unpaired) electrons. The Labute approximate surface area is 79.6 Å². The van der Waals surface area contributed by atoms with Gasteiger partial charge in [0.15, 0.2) is 5.03 Å². The Morgan fingerprint density at radius 1 is 1.50 bits per heavy atom. The number of pyridine rings is 1. The molecule has 1 heterocycles. The predicted octanol–water partition coefficient (Wildman–Crippen LogP) is -1.07. The topological polar surface area (TPSA) is 122 Å². The molecule has 0 aromatic carbocycles. The van der Waals surface area contributed by atoms with E-state index in [1.807, 2.05) is 0 Å². The molecular weight excluding hydrogens is 210 g/mol. The molecular formula is C6H7N3O4S. The molecule has 1 aromatic heterocycles. The molecule has 0 unspecified atom stereocenters. The van der Waals surface area contributed by atoms with Crippen LogP contribution in [0.3, 0.4) is 0 Å². The number of hydrogen-bond acceptors (Lipinski definition) is 5. The summed E-state index contributed by atoms with van der Waals surface area (Å²) in [6.45, 7) is 0. The van der Waals surface area contributed by atoms with Gasteiger partial charge in [-0.2, -0.15) is 0 Å². The van der Waals surface area contributed by atoms with Crippen molar-refractivity contribution in [2.75, 3.05) is 0 Å². The number of hydrogen-bond donors (Lipinski definition) is 3. The highest BCUT2D eigenvalue weighted by atomic mass is 32.2. The Hall–Kier alpha value is -1.51. The van der Waals surface area contributed by atoms with Crippen LogP contribution in [0.25, 0.3) is 0 Å². The number of hydrazine groups is 1. The van der Waals surface area contributed by atoms with Crippen molar-refractivity contribution < 1.29 is 18.3 Å². The molecule has 0 aliphatic heterocycles. The maximum Gasteiger partial charge on any atom is 0.337 e. The van der Waals surface area contributed by atoms with Crippen LogP contribution in [0.4, 0.5) is 0 Å². The van der Waals surface area contributed by atoms with E-state index in [0.717, 1.165) is 18.3 Å². The number of aromatic carboxylic acids is 1. The van der Waals surface area contributed by atoms with Crippen LogP contribution in [0.2, 0.25) is 0 Å². The van der Waals surface area contributed by atoms with Gasteiger partial charge in [-0.3, -0.25) is 5.84 Å². The molecule has 76 valence electrons. The average Bonchev–Trinajstić information content (AvgIpc) is 2.18. The van der Waals surface area contributed by atoms with Crippen LogP contribution in [0, 0.1) is 0 Å². The molecule has 0 saturated heterocycles. The molecule has 7 nitrogen and oxygen atoms in total. The fraction of sp³-hybridized carbons (Fsp3) is 0. The summed E-state index contributed by atoms with van der Waals surface area (Å²) in [5.74, 6) is 3.56. The van der Waals surface area contributed by atoms with Gasteiger partial charge in [0.1, 0.15) is 0 Å². The molecule has 8 heteroatoms. The van der Waals surface area contributed by atoms with Crippen LogP contribution in [0.1, 0.15) is 10.4 Å². The Balaban J connectivity index is 3.12. The van der Waals surface area contributed by atoms with Crippen LogP contribution in [-0.4, -0.2) is 24.5 Å². The predicted molar refractivity (Wildman–Crippen MR) is 45.7 cm³/mol. The molecule has 14 heavy (non-hydrogen) atoms. The zero-order valence-corrected chi connectivity index (χ0v) is 7.65. The minimum atomic E-state index is -3.82. The maximum absolute atomic E-state index is 11.0. The second-order valence-electron chi connectivity index (χ2n) is 2.31. The van der Waals surface area contributed by atoms with E-state index in [0.29, 0.717) is 0 Å². The highest BCUT2D eigenvalue weighted by Gasteiger charge is 2.13. The van der Waals surface area contributed by atoms with E-state index < -0.39 is 16.0 Å². The molecule has 0 atom stereocenters. The van der Waals surface area contributed by atoms with Crippen molar-refractivity contribution in [2.45, 2.75) is 5.03 Å². The molecule has 0 bridgehead atoms. The number of nitrogens with one attached hydrogen (secondary N) is 1. The monoisotopic (exact) mass is 217 g/mol. The maximum atomic E-state index is 11.0. The summed E-state index contributed by atoms with van der Waals surface area (Å²) >= 11 is 0. The van der Waals surface area contributed by atoms with Crippen molar-refractivity contribution >= 4 is 16.0 Å². The second kappa shape index (κ2) is 3.70. The van der Waals surface area contributed by atoms with Crippen molar-refractivity contribution in [3.8, 4) is 0 Å². The standard InChI is InChI=1S/C6H7N3O4S/c7-9-14(12,13)5-2-1-4(3-8-5)6(10)11/h1-3,9H,7H2,(H,10,11). The lowest BCUT2D eigenvalue weighted by atomic mass is 10.3. The minimum absolute atomic E-state index is 0.0963. The number of aromatic nitrogens is 1. The Morgan fingerprint density at radius 3 is 2.50 bits per heavy atom. The van der Waals surface area contributed by atoms with Crippen molar-refractivity contribution in [2.24, 2.45) is 5.84 Å². The first-order chi connectivity index (χ1) is 6.47. The molecule has 1 aromatic rings. The zero-order chi connectivity index (χ0) is 10.8. The van der Waals surface area contributed by atoms with Crippen LogP contribution in [0.5, 0.6) is 0 Å². The second-order valence-corrected chi connectivity index (χ2v) is 3.97. The van der Waals surface area contributed by atoms with Crippen molar-refractivity contribution in [1.29, 1.82) is 0 Å². The number of carboxylic acid groups (broad SMARTS) is 1. The van der Waals surface area contributed by atoms with E-state index in [2.05, 4.69) is 4.98 Å². The van der Waals surface area contributed by atoms with Crippen LogP contribution in [0.15, 0.2) is 23.4 Å². The largest absolute Gasteiger partial charge is 0.478 e. The van der Waals surface area contributed by atoms with Gasteiger partial charge in [-0.15, -0.1) is 4.83 Å². The van der Waals surface area contributed by atoms with Gasteiger partial charge in [0, 0.05) is 6.20 Å². The first-order valence-electron chi connectivity index (χ1n) is 3.39. The highest BCUT2D eigenvalue weighted by Crippen LogP contribution is 2.05. The summed E-state index contributed by atoms with van der Waals surface area (Å²) in [6.07, 6.45) is 0.937. The van der Waals surface area contributed by atoms with Gasteiger partial charge in [-0.05, 0) is 12.1 Å². The summed E-state index contributed by atoms with van der Waals surface area (Å²) in [6, 6.07) is 2.18. The number of sulfonamides is 1. The Morgan fingerprint density at radius 2 is 2.14 bits per heavy atom. The van der Waals surface area contributed by atoms with E-state index >= 15 is 0 Å². The van der Waals surface area contributed by atoms with Gasteiger partial charge in [-0.25, -0.2) is 18.2 Å². The number of nitrogens with zero attached hydrogens (tertiary/aromatic N) is 1. The lowest BCUT2D eigenvalue weighted by Crippen LogP contribution is -2.30. The summed E-state index contributed by atoms with van der Waals surface area (Å²) in [7, 11) is -3.82. The number of carboxylic acids is 1. The molecule has 0 aliphatic rings. The summed E-state index contributed by atoms with van der Waals surface area (Å²) in [4.78, 5) is 15.4. The van der Waals surface area contributed by atoms with E-state index in [1.54, 1.807) is 4.83 Å². The quantitative estimate of drug-likeness (QED) is 0.437. The number of nitrogens with two attached hydrogens (primary N) is 1. The van der Waals surface area contributed by atoms with Gasteiger partial charge in [0.2, 0.25) is 0 Å². The first kappa shape index (κ1) is 10.6. The molecule has 1 rings (SSSR count). The molecule has 0 fully saturated rings. The average molecular weight is 217 g/mol. The van der Waals surface area contributed by atoms with Gasteiger partial charge < -0.3 is 5.11 Å². The first-order valence-corrected chi connectivity index (χ1v) is 4.87. The Bertz CT molecular complexity index is 439. The number of rotatable bonds is 3. The summed E-state index contributed by atoms with van der Waals surface area (Å²) < 4.78 is 22.1. The van der Waals surface area contributed by atoms with Crippen molar-refractivity contribution in [1.82, 2.24) is 9.82 Å². The van der Waals surface area contributed by atoms with Gasteiger partial charge in [0.25, 0.3) is 10.0 Å². The zero-order valence-electron chi connectivity index (χ0n) is 6.84. The molecule has 0 spiro atoms. The lowest BCUT2D eigenvalue weighted by Gasteiger charge is -2.00. The lowest BCUT2D eigenvalue weighted by molar-refractivity contribution is 0.0696. The minimum Gasteiger partial charge on any atom is -0.478 e. The fourth-order valence-electron chi connectivity index (χ4n) is 0.726. The molecule has 0 aliphatic carbocycles. The highest BCUT2D eigenvalue weighted by molar-refractivity contribution is 7.89. The van der Waals surface area contributed by atoms with E-state index in [4.69, 9.17) is 10.9 Å². The summed E-state index contributed by atoms with van der Waals surface area (Å²) in [5, 5.41) is 8.18. The molecule has 0 amide bonds. The summed E-state index contributed by atoms with van der Waals surface area (Å²) in [5.41, 5.74) is -0.0963. The SMILES string of the molecule is NNS(=O)(=O)c1ccc(C(=O)O)cn1. The number of carbonyl (C=O) groups is 1. The smallest absolute Gasteiger partial charge is 0.337 e. The van der Waals surface area contributed by atoms with Gasteiger partial charge >= 0.3 is 5.97 Å². The van der Waals surface area contributed by atoms with Crippen LogP contribution >= 0.6 is 0 Å². The normalized spacial score (nSPS) is 11.2. The van der Waals surface area contributed by atoms with Crippen LogP contribution < -0.4 is 10.7 Å². The molecule has 4 N–H and O–H groups in total.